The third-order valence-corrected chi connectivity index (χ3v) is 3.58. The van der Waals surface area contributed by atoms with Gasteiger partial charge in [0.2, 0.25) is 0 Å². The van der Waals surface area contributed by atoms with Crippen molar-refractivity contribution >= 4 is 15.9 Å². The minimum absolute atomic E-state index is 0.00970. The molecule has 0 saturated heterocycles. The number of hydrogen-bond acceptors (Lipinski definition) is 2. The Bertz CT molecular complexity index is 604. The molecule has 0 aromatic heterocycles. The Morgan fingerprint density at radius 1 is 1.15 bits per heavy atom. The number of hydrogen-bond donors (Lipinski definition) is 1. The van der Waals surface area contributed by atoms with Crippen molar-refractivity contribution in [3.05, 3.63) is 63.6 Å². The van der Waals surface area contributed by atoms with E-state index in [4.69, 9.17) is 4.74 Å². The summed E-state index contributed by atoms with van der Waals surface area (Å²) in [7, 11) is 1.85. The van der Waals surface area contributed by atoms with Crippen LogP contribution in [0.4, 0.5) is 8.78 Å². The second-order valence-corrected chi connectivity index (χ2v) is 5.14. The third kappa shape index (κ3) is 3.55. The molecule has 2 aromatic rings. The largest absolute Gasteiger partial charge is 0.489 e. The van der Waals surface area contributed by atoms with Gasteiger partial charge in [-0.2, -0.15) is 0 Å². The zero-order chi connectivity index (χ0) is 14.5. The second kappa shape index (κ2) is 6.81. The summed E-state index contributed by atoms with van der Waals surface area (Å²) in [5.41, 5.74) is 1.23. The Hall–Kier alpha value is -1.46. The van der Waals surface area contributed by atoms with Gasteiger partial charge in [-0.1, -0.05) is 28.1 Å². The predicted molar refractivity (Wildman–Crippen MR) is 77.6 cm³/mol. The predicted octanol–water partition coefficient (Wildman–Crippen LogP) is 4.03. The molecule has 0 aliphatic carbocycles. The minimum atomic E-state index is -0.863. The van der Waals surface area contributed by atoms with Gasteiger partial charge in [0.1, 0.15) is 12.4 Å². The fraction of sp³-hybridized carbons (Fsp3) is 0.200. The van der Waals surface area contributed by atoms with Gasteiger partial charge in [0.05, 0.1) is 0 Å². The van der Waals surface area contributed by atoms with Crippen LogP contribution in [0.5, 0.6) is 5.75 Å². The maximum Gasteiger partial charge on any atom is 0.165 e. The van der Waals surface area contributed by atoms with Gasteiger partial charge in [-0.15, -0.1) is 0 Å². The van der Waals surface area contributed by atoms with Crippen LogP contribution in [0.1, 0.15) is 11.1 Å². The smallest absolute Gasteiger partial charge is 0.165 e. The van der Waals surface area contributed by atoms with E-state index >= 15 is 0 Å². The first-order chi connectivity index (χ1) is 9.61. The monoisotopic (exact) mass is 341 g/mol. The molecule has 0 radical (unpaired) electrons. The van der Waals surface area contributed by atoms with Crippen LogP contribution in [-0.2, 0) is 13.2 Å². The van der Waals surface area contributed by atoms with Crippen LogP contribution in [0.25, 0.3) is 0 Å². The molecule has 2 aromatic carbocycles. The van der Waals surface area contributed by atoms with Crippen molar-refractivity contribution in [2.24, 2.45) is 0 Å². The Kier molecular flexibility index (Phi) is 5.09. The molecular weight excluding hydrogens is 328 g/mol. The summed E-state index contributed by atoms with van der Waals surface area (Å²) < 4.78 is 33.1. The van der Waals surface area contributed by atoms with Crippen LogP contribution < -0.4 is 10.1 Å². The van der Waals surface area contributed by atoms with Crippen LogP contribution in [0.2, 0.25) is 0 Å². The van der Waals surface area contributed by atoms with E-state index in [0.29, 0.717) is 12.3 Å². The molecule has 106 valence electrons. The summed E-state index contributed by atoms with van der Waals surface area (Å²) in [6, 6.07) is 9.56. The van der Waals surface area contributed by atoms with Crippen LogP contribution in [0, 0.1) is 11.6 Å². The Labute approximate surface area is 124 Å². The molecule has 0 aliphatic rings. The molecule has 0 saturated carbocycles. The maximum atomic E-state index is 13.5. The Morgan fingerprint density at radius 3 is 2.70 bits per heavy atom. The van der Waals surface area contributed by atoms with Crippen molar-refractivity contribution in [1.29, 1.82) is 0 Å². The van der Waals surface area contributed by atoms with Crippen LogP contribution >= 0.6 is 15.9 Å². The van der Waals surface area contributed by atoms with Crippen molar-refractivity contribution in [3.8, 4) is 5.75 Å². The van der Waals surface area contributed by atoms with Gasteiger partial charge in [-0.05, 0) is 36.9 Å². The van der Waals surface area contributed by atoms with Gasteiger partial charge < -0.3 is 10.1 Å². The number of rotatable bonds is 5. The van der Waals surface area contributed by atoms with E-state index in [9.17, 15) is 8.78 Å². The Morgan fingerprint density at radius 2 is 1.95 bits per heavy atom. The van der Waals surface area contributed by atoms with Crippen molar-refractivity contribution < 1.29 is 13.5 Å². The van der Waals surface area contributed by atoms with Gasteiger partial charge in [0, 0.05) is 16.6 Å². The molecular formula is C15H14BrF2NO. The zero-order valence-electron chi connectivity index (χ0n) is 10.9. The summed E-state index contributed by atoms with van der Waals surface area (Å²) in [4.78, 5) is 0. The first-order valence-electron chi connectivity index (χ1n) is 6.10. The summed E-state index contributed by atoms with van der Waals surface area (Å²) in [6.45, 7) is 0.677. The molecule has 2 nitrogen and oxygen atoms in total. The van der Waals surface area contributed by atoms with Crippen molar-refractivity contribution in [3.63, 3.8) is 0 Å². The fourth-order valence-electron chi connectivity index (χ4n) is 1.79. The highest BCUT2D eigenvalue weighted by Crippen LogP contribution is 2.23. The van der Waals surface area contributed by atoms with Crippen molar-refractivity contribution in [1.82, 2.24) is 5.32 Å². The molecule has 0 aliphatic heterocycles. The molecule has 5 heteroatoms. The highest BCUT2D eigenvalue weighted by atomic mass is 79.9. The first kappa shape index (κ1) is 14.9. The lowest BCUT2D eigenvalue weighted by Crippen LogP contribution is -2.06. The lowest BCUT2D eigenvalue weighted by molar-refractivity contribution is 0.297. The lowest BCUT2D eigenvalue weighted by atomic mass is 10.2. The van der Waals surface area contributed by atoms with Gasteiger partial charge in [0.15, 0.2) is 11.6 Å². The number of benzene rings is 2. The lowest BCUT2D eigenvalue weighted by Gasteiger charge is -2.10. The molecule has 0 heterocycles. The van der Waals surface area contributed by atoms with E-state index < -0.39 is 11.6 Å². The highest BCUT2D eigenvalue weighted by Gasteiger charge is 2.08. The first-order valence-corrected chi connectivity index (χ1v) is 6.90. The maximum absolute atomic E-state index is 13.5. The molecule has 2 rings (SSSR count). The molecule has 0 fully saturated rings. The molecule has 0 bridgehead atoms. The molecule has 0 unspecified atom stereocenters. The quantitative estimate of drug-likeness (QED) is 0.886. The average molecular weight is 342 g/mol. The molecule has 20 heavy (non-hydrogen) atoms. The highest BCUT2D eigenvalue weighted by molar-refractivity contribution is 9.10. The summed E-state index contributed by atoms with van der Waals surface area (Å²) >= 11 is 3.44. The fourth-order valence-corrected chi connectivity index (χ4v) is 2.17. The number of nitrogens with one attached hydrogen (secondary N) is 1. The van der Waals surface area contributed by atoms with Crippen molar-refractivity contribution in [2.45, 2.75) is 13.2 Å². The zero-order valence-corrected chi connectivity index (χ0v) is 12.5. The average Bonchev–Trinajstić information content (AvgIpc) is 2.44. The second-order valence-electron chi connectivity index (χ2n) is 4.29. The van der Waals surface area contributed by atoms with Crippen LogP contribution in [-0.4, -0.2) is 7.05 Å². The van der Waals surface area contributed by atoms with Gasteiger partial charge in [-0.25, -0.2) is 8.78 Å². The van der Waals surface area contributed by atoms with E-state index in [-0.39, 0.29) is 12.2 Å². The van der Waals surface area contributed by atoms with E-state index in [1.807, 2.05) is 19.2 Å². The van der Waals surface area contributed by atoms with Crippen LogP contribution in [0.15, 0.2) is 40.9 Å². The molecule has 0 spiro atoms. The number of halogens is 3. The topological polar surface area (TPSA) is 21.3 Å². The summed E-state index contributed by atoms with van der Waals surface area (Å²) in [5, 5.41) is 3.05. The van der Waals surface area contributed by atoms with Gasteiger partial charge in [-0.3, -0.25) is 0 Å². The molecule has 1 N–H and O–H groups in total. The minimum Gasteiger partial charge on any atom is -0.489 e. The van der Waals surface area contributed by atoms with Crippen LogP contribution in [0.3, 0.4) is 0 Å². The van der Waals surface area contributed by atoms with E-state index in [2.05, 4.69) is 21.2 Å². The third-order valence-electron chi connectivity index (χ3n) is 2.81. The van der Waals surface area contributed by atoms with E-state index in [1.165, 1.54) is 12.1 Å². The molecule has 0 atom stereocenters. The van der Waals surface area contributed by atoms with E-state index in [1.54, 1.807) is 6.07 Å². The summed E-state index contributed by atoms with van der Waals surface area (Å²) in [5.74, 6) is -1.11. The standard InChI is InChI=1S/C15H14BrF2NO/c1-19-8-11-7-12(5-6-13(11)16)20-9-10-3-2-4-14(17)15(10)18/h2-7,19H,8-9H2,1H3. The van der Waals surface area contributed by atoms with Crippen molar-refractivity contribution in [2.75, 3.05) is 7.05 Å². The SMILES string of the molecule is CNCc1cc(OCc2cccc(F)c2F)ccc1Br. The Balaban J connectivity index is 2.11. The van der Waals surface area contributed by atoms with E-state index in [0.717, 1.165) is 16.1 Å². The number of ether oxygens (including phenoxy) is 1. The molecule has 0 amide bonds. The normalized spacial score (nSPS) is 10.6. The summed E-state index contributed by atoms with van der Waals surface area (Å²) in [6.07, 6.45) is 0. The van der Waals surface area contributed by atoms with Gasteiger partial charge in [0.25, 0.3) is 0 Å². The van der Waals surface area contributed by atoms with Gasteiger partial charge >= 0.3 is 0 Å².